The van der Waals surface area contributed by atoms with Crippen molar-refractivity contribution in [1.29, 1.82) is 0 Å². The zero-order valence-corrected chi connectivity index (χ0v) is 15.5. The van der Waals surface area contributed by atoms with Crippen molar-refractivity contribution in [3.63, 3.8) is 0 Å². The number of carboxylic acids is 1. The summed E-state index contributed by atoms with van der Waals surface area (Å²) in [4.78, 5) is 51.2. The predicted octanol–water partition coefficient (Wildman–Crippen LogP) is 1.14. The molecule has 8 nitrogen and oxygen atoms in total. The summed E-state index contributed by atoms with van der Waals surface area (Å²) in [6, 6.07) is 5.00. The first-order chi connectivity index (χ1) is 13.4. The van der Waals surface area contributed by atoms with Crippen LogP contribution in [0.25, 0.3) is 0 Å². The average molecular weight is 385 g/mol. The topological polar surface area (TPSA) is 107 Å². The van der Waals surface area contributed by atoms with Gasteiger partial charge in [-0.05, 0) is 37.3 Å². The van der Waals surface area contributed by atoms with Gasteiger partial charge in [-0.15, -0.1) is 0 Å². The van der Waals surface area contributed by atoms with Crippen molar-refractivity contribution in [3.8, 4) is 0 Å². The normalized spacial score (nSPS) is 23.0. The predicted molar refractivity (Wildman–Crippen MR) is 99.7 cm³/mol. The first-order valence-electron chi connectivity index (χ1n) is 9.67. The maximum absolute atomic E-state index is 12.9. The zero-order valence-electron chi connectivity index (χ0n) is 15.5. The lowest BCUT2D eigenvalue weighted by Crippen LogP contribution is -2.52. The van der Waals surface area contributed by atoms with Crippen LogP contribution in [0.2, 0.25) is 0 Å². The number of nitrogens with zero attached hydrogens (tertiary/aromatic N) is 2. The van der Waals surface area contributed by atoms with Crippen LogP contribution < -0.4 is 10.2 Å². The van der Waals surface area contributed by atoms with Gasteiger partial charge in [-0.1, -0.05) is 6.07 Å². The number of hydrogen-bond acceptors (Lipinski definition) is 5. The molecule has 2 saturated heterocycles. The monoisotopic (exact) mass is 385 g/mol. The maximum atomic E-state index is 12.9. The van der Waals surface area contributed by atoms with Gasteiger partial charge in [0.2, 0.25) is 11.8 Å². The molecule has 3 aliphatic heterocycles. The Morgan fingerprint density at radius 3 is 2.57 bits per heavy atom. The summed E-state index contributed by atoms with van der Waals surface area (Å²) in [6.07, 6.45) is 2.39. The van der Waals surface area contributed by atoms with Gasteiger partial charge in [-0.2, -0.15) is 0 Å². The van der Waals surface area contributed by atoms with E-state index in [-0.39, 0.29) is 30.6 Å². The molecule has 8 heteroatoms. The summed E-state index contributed by atoms with van der Waals surface area (Å²) >= 11 is 0. The Bertz CT molecular complexity index is 844. The molecule has 0 radical (unpaired) electrons. The highest BCUT2D eigenvalue weighted by atomic mass is 16.4. The standard InChI is InChI=1S/C20H23N3O5/c24-17-5-4-16(19(27)21-17)23-11-14-13(20(23)28)2-1-3-15(14)22-8-6-12(7-9-22)10-18(25)26/h1-3,12,16H,4-11H2,(H,25,26)(H,21,24,27). The van der Waals surface area contributed by atoms with Gasteiger partial charge in [-0.25, -0.2) is 0 Å². The van der Waals surface area contributed by atoms with Crippen molar-refractivity contribution in [2.24, 2.45) is 5.92 Å². The van der Waals surface area contributed by atoms with E-state index in [0.717, 1.165) is 37.2 Å². The zero-order chi connectivity index (χ0) is 19.8. The summed E-state index contributed by atoms with van der Waals surface area (Å²) in [7, 11) is 0. The number of rotatable bonds is 4. The molecule has 1 unspecified atom stereocenters. The van der Waals surface area contributed by atoms with Crippen LogP contribution in [0, 0.1) is 5.92 Å². The van der Waals surface area contributed by atoms with Crippen LogP contribution in [-0.2, 0) is 20.9 Å². The minimum atomic E-state index is -0.760. The first kappa shape index (κ1) is 18.5. The maximum Gasteiger partial charge on any atom is 0.303 e. The van der Waals surface area contributed by atoms with Crippen LogP contribution in [0.4, 0.5) is 5.69 Å². The van der Waals surface area contributed by atoms with Crippen molar-refractivity contribution < 1.29 is 24.3 Å². The fraction of sp³-hybridized carbons (Fsp3) is 0.500. The Labute approximate surface area is 162 Å². The van der Waals surface area contributed by atoms with E-state index in [9.17, 15) is 19.2 Å². The number of anilines is 1. The van der Waals surface area contributed by atoms with Gasteiger partial charge in [-0.3, -0.25) is 24.5 Å². The number of amides is 3. The quantitative estimate of drug-likeness (QED) is 0.753. The SMILES string of the molecule is O=C(O)CC1CCN(c2cccc3c2CN(C2CCC(=O)NC2=O)C3=O)CC1. The number of imide groups is 1. The third-order valence-corrected chi connectivity index (χ3v) is 5.98. The summed E-state index contributed by atoms with van der Waals surface area (Å²) in [5.41, 5.74) is 2.50. The molecule has 3 heterocycles. The number of benzene rings is 1. The number of hydrogen-bond donors (Lipinski definition) is 2. The fourth-order valence-electron chi connectivity index (χ4n) is 4.49. The number of nitrogens with one attached hydrogen (secondary N) is 1. The minimum absolute atomic E-state index is 0.174. The molecule has 2 fully saturated rings. The molecule has 4 rings (SSSR count). The van der Waals surface area contributed by atoms with Gasteiger partial charge in [0.1, 0.15) is 6.04 Å². The summed E-state index contributed by atoms with van der Waals surface area (Å²) in [5, 5.41) is 11.3. The van der Waals surface area contributed by atoms with E-state index >= 15 is 0 Å². The molecule has 0 aromatic heterocycles. The molecular weight excluding hydrogens is 362 g/mol. The van der Waals surface area contributed by atoms with E-state index in [1.165, 1.54) is 0 Å². The van der Waals surface area contributed by atoms with E-state index in [0.29, 0.717) is 18.5 Å². The highest BCUT2D eigenvalue weighted by Crippen LogP contribution is 2.36. The van der Waals surface area contributed by atoms with Gasteiger partial charge in [0, 0.05) is 49.3 Å². The van der Waals surface area contributed by atoms with Crippen LogP contribution in [0.1, 0.15) is 48.0 Å². The molecule has 2 N–H and O–H groups in total. The van der Waals surface area contributed by atoms with Gasteiger partial charge in [0.15, 0.2) is 0 Å². The Balaban J connectivity index is 1.51. The highest BCUT2D eigenvalue weighted by Gasteiger charge is 2.40. The molecule has 3 amide bonds. The number of fused-ring (bicyclic) bond motifs is 1. The van der Waals surface area contributed by atoms with Crippen LogP contribution in [0.3, 0.4) is 0 Å². The Hall–Kier alpha value is -2.90. The minimum Gasteiger partial charge on any atom is -0.481 e. The summed E-state index contributed by atoms with van der Waals surface area (Å²) in [5.74, 6) is -1.45. The molecule has 1 aromatic rings. The molecule has 0 bridgehead atoms. The second-order valence-electron chi connectivity index (χ2n) is 7.73. The second kappa shape index (κ2) is 7.26. The third-order valence-electron chi connectivity index (χ3n) is 5.98. The van der Waals surface area contributed by atoms with Gasteiger partial charge < -0.3 is 14.9 Å². The van der Waals surface area contributed by atoms with E-state index in [1.807, 2.05) is 12.1 Å². The van der Waals surface area contributed by atoms with Crippen molar-refractivity contribution in [2.45, 2.75) is 44.7 Å². The Kier molecular flexibility index (Phi) is 4.78. The molecule has 148 valence electrons. The Morgan fingerprint density at radius 1 is 1.14 bits per heavy atom. The average Bonchev–Trinajstić information content (AvgIpc) is 2.99. The molecular formula is C20H23N3O5. The fourth-order valence-corrected chi connectivity index (χ4v) is 4.49. The van der Waals surface area contributed by atoms with E-state index < -0.39 is 17.9 Å². The number of piperidine rings is 2. The molecule has 28 heavy (non-hydrogen) atoms. The van der Waals surface area contributed by atoms with Crippen LogP contribution in [0.5, 0.6) is 0 Å². The van der Waals surface area contributed by atoms with Crippen molar-refractivity contribution in [1.82, 2.24) is 10.2 Å². The Morgan fingerprint density at radius 2 is 1.89 bits per heavy atom. The molecule has 3 aliphatic rings. The van der Waals surface area contributed by atoms with Crippen molar-refractivity contribution in [3.05, 3.63) is 29.3 Å². The molecule has 1 atom stereocenters. The number of carbonyl (C=O) groups is 4. The lowest BCUT2D eigenvalue weighted by molar-refractivity contribution is -0.139. The van der Waals surface area contributed by atoms with E-state index in [1.54, 1.807) is 11.0 Å². The number of carboxylic acid groups (broad SMARTS) is 1. The molecule has 0 aliphatic carbocycles. The van der Waals surface area contributed by atoms with E-state index in [2.05, 4.69) is 10.2 Å². The lowest BCUT2D eigenvalue weighted by atomic mass is 9.93. The van der Waals surface area contributed by atoms with Gasteiger partial charge in [0.25, 0.3) is 5.91 Å². The smallest absolute Gasteiger partial charge is 0.303 e. The van der Waals surface area contributed by atoms with Gasteiger partial charge in [0.05, 0.1) is 0 Å². The summed E-state index contributed by atoms with van der Waals surface area (Å²) in [6.45, 7) is 1.85. The van der Waals surface area contributed by atoms with Crippen molar-refractivity contribution >= 4 is 29.4 Å². The molecule has 1 aromatic carbocycles. The van der Waals surface area contributed by atoms with Crippen LogP contribution in [0.15, 0.2) is 18.2 Å². The third kappa shape index (κ3) is 3.34. The van der Waals surface area contributed by atoms with Gasteiger partial charge >= 0.3 is 5.97 Å². The van der Waals surface area contributed by atoms with E-state index in [4.69, 9.17) is 5.11 Å². The second-order valence-corrected chi connectivity index (χ2v) is 7.73. The van der Waals surface area contributed by atoms with Crippen molar-refractivity contribution in [2.75, 3.05) is 18.0 Å². The summed E-state index contributed by atoms with van der Waals surface area (Å²) < 4.78 is 0. The largest absolute Gasteiger partial charge is 0.481 e. The molecule has 0 saturated carbocycles. The first-order valence-corrected chi connectivity index (χ1v) is 9.67. The lowest BCUT2D eigenvalue weighted by Gasteiger charge is -2.34. The highest BCUT2D eigenvalue weighted by molar-refractivity contribution is 6.06. The molecule has 0 spiro atoms. The van der Waals surface area contributed by atoms with Crippen LogP contribution in [-0.4, -0.2) is 52.8 Å². The number of carbonyl (C=O) groups excluding carboxylic acids is 3. The number of aliphatic carboxylic acids is 1. The van der Waals surface area contributed by atoms with Crippen LogP contribution >= 0.6 is 0 Å².